The first-order chi connectivity index (χ1) is 7.13. The van der Waals surface area contributed by atoms with E-state index < -0.39 is 6.03 Å². The number of benzene rings is 1. The first kappa shape index (κ1) is 11.5. The van der Waals surface area contributed by atoms with Gasteiger partial charge in [-0.2, -0.15) is 0 Å². The third-order valence-electron chi connectivity index (χ3n) is 2.20. The molecule has 0 atom stereocenters. The molecular formula is C11H17N3O. The van der Waals surface area contributed by atoms with E-state index in [1.54, 1.807) is 0 Å². The van der Waals surface area contributed by atoms with Gasteiger partial charge in [0.15, 0.2) is 0 Å². The highest BCUT2D eigenvalue weighted by atomic mass is 16.2. The molecule has 1 aromatic rings. The molecule has 0 radical (unpaired) electrons. The monoisotopic (exact) mass is 207 g/mol. The average Bonchev–Trinajstić information content (AvgIpc) is 2.20. The minimum atomic E-state index is -0.430. The van der Waals surface area contributed by atoms with Gasteiger partial charge in [0.25, 0.3) is 0 Å². The minimum absolute atomic E-state index is 0.425. The Bertz CT molecular complexity index is 321. The SMILES string of the molecule is Cc1ccc(CN(CCN)C(N)=O)cc1. The van der Waals surface area contributed by atoms with Crippen LogP contribution in [0.25, 0.3) is 0 Å². The normalized spacial score (nSPS) is 10.0. The minimum Gasteiger partial charge on any atom is -0.351 e. The van der Waals surface area contributed by atoms with Crippen molar-refractivity contribution in [3.05, 3.63) is 35.4 Å². The van der Waals surface area contributed by atoms with Gasteiger partial charge >= 0.3 is 6.03 Å². The van der Waals surface area contributed by atoms with Crippen molar-refractivity contribution >= 4 is 6.03 Å². The molecule has 0 heterocycles. The first-order valence-corrected chi connectivity index (χ1v) is 4.93. The van der Waals surface area contributed by atoms with Crippen molar-refractivity contribution in [3.8, 4) is 0 Å². The van der Waals surface area contributed by atoms with Gasteiger partial charge in [-0.1, -0.05) is 29.8 Å². The van der Waals surface area contributed by atoms with Crippen LogP contribution in [0, 0.1) is 6.92 Å². The molecule has 4 nitrogen and oxygen atoms in total. The second-order valence-electron chi connectivity index (χ2n) is 3.53. The fourth-order valence-corrected chi connectivity index (χ4v) is 1.34. The van der Waals surface area contributed by atoms with Gasteiger partial charge in [-0.3, -0.25) is 0 Å². The zero-order chi connectivity index (χ0) is 11.3. The number of carbonyl (C=O) groups excluding carboxylic acids is 1. The Morgan fingerprint density at radius 3 is 2.40 bits per heavy atom. The zero-order valence-electron chi connectivity index (χ0n) is 8.94. The number of amides is 2. The van der Waals surface area contributed by atoms with E-state index in [0.29, 0.717) is 19.6 Å². The molecule has 0 aliphatic rings. The van der Waals surface area contributed by atoms with Gasteiger partial charge in [0.2, 0.25) is 0 Å². The number of hydrogen-bond acceptors (Lipinski definition) is 2. The van der Waals surface area contributed by atoms with E-state index in [1.807, 2.05) is 31.2 Å². The van der Waals surface area contributed by atoms with Gasteiger partial charge in [0.05, 0.1) is 0 Å². The third kappa shape index (κ3) is 3.59. The van der Waals surface area contributed by atoms with Gasteiger partial charge in [-0.05, 0) is 12.5 Å². The van der Waals surface area contributed by atoms with E-state index >= 15 is 0 Å². The summed E-state index contributed by atoms with van der Waals surface area (Å²) in [4.78, 5) is 12.6. The number of aryl methyl sites for hydroxylation is 1. The molecule has 0 unspecified atom stereocenters. The van der Waals surface area contributed by atoms with Crippen molar-refractivity contribution in [3.63, 3.8) is 0 Å². The van der Waals surface area contributed by atoms with Gasteiger partial charge in [0, 0.05) is 19.6 Å². The quantitative estimate of drug-likeness (QED) is 0.767. The standard InChI is InChI=1S/C11H17N3O/c1-9-2-4-10(5-3-9)8-14(7-6-12)11(13)15/h2-5H,6-8,12H2,1H3,(H2,13,15). The summed E-state index contributed by atoms with van der Waals surface area (Å²) in [6.07, 6.45) is 0. The van der Waals surface area contributed by atoms with Gasteiger partial charge < -0.3 is 16.4 Å². The van der Waals surface area contributed by atoms with Crippen LogP contribution in [-0.2, 0) is 6.54 Å². The summed E-state index contributed by atoms with van der Waals surface area (Å²) < 4.78 is 0. The highest BCUT2D eigenvalue weighted by molar-refractivity contribution is 5.72. The van der Waals surface area contributed by atoms with Gasteiger partial charge in [0.1, 0.15) is 0 Å². The third-order valence-corrected chi connectivity index (χ3v) is 2.20. The molecule has 15 heavy (non-hydrogen) atoms. The number of carbonyl (C=O) groups is 1. The Labute approximate surface area is 89.9 Å². The lowest BCUT2D eigenvalue weighted by Crippen LogP contribution is -2.38. The van der Waals surface area contributed by atoms with Crippen molar-refractivity contribution in [1.29, 1.82) is 0 Å². The molecule has 2 amide bonds. The molecule has 0 bridgehead atoms. The lowest BCUT2D eigenvalue weighted by Gasteiger charge is -2.19. The van der Waals surface area contributed by atoms with Crippen LogP contribution in [0.15, 0.2) is 24.3 Å². The lowest BCUT2D eigenvalue weighted by molar-refractivity contribution is 0.206. The number of hydrogen-bond donors (Lipinski definition) is 2. The highest BCUT2D eigenvalue weighted by Crippen LogP contribution is 2.06. The summed E-state index contributed by atoms with van der Waals surface area (Å²) in [5, 5.41) is 0. The Kier molecular flexibility index (Phi) is 4.12. The number of rotatable bonds is 4. The van der Waals surface area contributed by atoms with Crippen LogP contribution in [0.2, 0.25) is 0 Å². The van der Waals surface area contributed by atoms with Gasteiger partial charge in [-0.25, -0.2) is 4.79 Å². The highest BCUT2D eigenvalue weighted by Gasteiger charge is 2.08. The van der Waals surface area contributed by atoms with E-state index in [9.17, 15) is 4.79 Å². The van der Waals surface area contributed by atoms with Crippen LogP contribution in [0.1, 0.15) is 11.1 Å². The predicted molar refractivity (Wildman–Crippen MR) is 60.2 cm³/mol. The van der Waals surface area contributed by atoms with E-state index in [2.05, 4.69) is 0 Å². The molecule has 4 N–H and O–H groups in total. The summed E-state index contributed by atoms with van der Waals surface area (Å²) >= 11 is 0. The second kappa shape index (κ2) is 5.36. The fraction of sp³-hybridized carbons (Fsp3) is 0.364. The van der Waals surface area contributed by atoms with Crippen LogP contribution in [-0.4, -0.2) is 24.0 Å². The van der Waals surface area contributed by atoms with Crippen molar-refractivity contribution in [1.82, 2.24) is 4.90 Å². The maximum atomic E-state index is 11.1. The lowest BCUT2D eigenvalue weighted by atomic mass is 10.1. The maximum absolute atomic E-state index is 11.1. The average molecular weight is 207 g/mol. The van der Waals surface area contributed by atoms with E-state index in [1.165, 1.54) is 10.5 Å². The van der Waals surface area contributed by atoms with Crippen molar-refractivity contribution in [2.45, 2.75) is 13.5 Å². The topological polar surface area (TPSA) is 72.3 Å². The largest absolute Gasteiger partial charge is 0.351 e. The second-order valence-corrected chi connectivity index (χ2v) is 3.53. The summed E-state index contributed by atoms with van der Waals surface area (Å²) in [6, 6.07) is 7.57. The van der Waals surface area contributed by atoms with E-state index in [-0.39, 0.29) is 0 Å². The Balaban J connectivity index is 2.65. The van der Waals surface area contributed by atoms with Crippen LogP contribution >= 0.6 is 0 Å². The van der Waals surface area contributed by atoms with Crippen molar-refractivity contribution < 1.29 is 4.79 Å². The number of urea groups is 1. The molecule has 0 aromatic heterocycles. The smallest absolute Gasteiger partial charge is 0.315 e. The Hall–Kier alpha value is -1.55. The van der Waals surface area contributed by atoms with Crippen molar-refractivity contribution in [2.24, 2.45) is 11.5 Å². The fourth-order valence-electron chi connectivity index (χ4n) is 1.34. The Morgan fingerprint density at radius 2 is 1.93 bits per heavy atom. The van der Waals surface area contributed by atoms with Crippen LogP contribution in [0.3, 0.4) is 0 Å². The number of nitrogens with zero attached hydrogens (tertiary/aromatic N) is 1. The number of nitrogens with two attached hydrogens (primary N) is 2. The first-order valence-electron chi connectivity index (χ1n) is 4.93. The Morgan fingerprint density at radius 1 is 1.33 bits per heavy atom. The zero-order valence-corrected chi connectivity index (χ0v) is 8.94. The summed E-state index contributed by atoms with van der Waals surface area (Å²) in [5.74, 6) is 0. The van der Waals surface area contributed by atoms with Gasteiger partial charge in [-0.15, -0.1) is 0 Å². The molecule has 1 aromatic carbocycles. The summed E-state index contributed by atoms with van der Waals surface area (Å²) in [6.45, 7) is 3.46. The summed E-state index contributed by atoms with van der Waals surface area (Å²) in [7, 11) is 0. The van der Waals surface area contributed by atoms with E-state index in [4.69, 9.17) is 11.5 Å². The molecule has 0 spiro atoms. The molecule has 0 fully saturated rings. The molecule has 0 saturated heterocycles. The number of primary amides is 1. The van der Waals surface area contributed by atoms with Crippen LogP contribution < -0.4 is 11.5 Å². The van der Waals surface area contributed by atoms with Crippen LogP contribution in [0.4, 0.5) is 4.79 Å². The molecule has 82 valence electrons. The molecule has 0 saturated carbocycles. The maximum Gasteiger partial charge on any atom is 0.315 e. The predicted octanol–water partition coefficient (Wildman–Crippen LogP) is 0.834. The molecule has 0 aliphatic carbocycles. The molecular weight excluding hydrogens is 190 g/mol. The molecule has 0 aliphatic heterocycles. The van der Waals surface area contributed by atoms with Crippen molar-refractivity contribution in [2.75, 3.05) is 13.1 Å². The molecule has 4 heteroatoms. The molecule has 1 rings (SSSR count). The van der Waals surface area contributed by atoms with Crippen LogP contribution in [0.5, 0.6) is 0 Å². The van der Waals surface area contributed by atoms with E-state index in [0.717, 1.165) is 5.56 Å². The summed E-state index contributed by atoms with van der Waals surface area (Å²) in [5.41, 5.74) is 12.9.